The molecule has 1 heterocycles. The highest BCUT2D eigenvalue weighted by Gasteiger charge is 2.30. The highest BCUT2D eigenvalue weighted by Crippen LogP contribution is 2.23. The average Bonchev–Trinajstić information content (AvgIpc) is 2.36. The molecule has 2 N–H and O–H groups in total. The number of rotatable bonds is 6. The van der Waals surface area contributed by atoms with E-state index < -0.39 is 18.8 Å². The van der Waals surface area contributed by atoms with E-state index in [9.17, 15) is 18.3 Å². The first kappa shape index (κ1) is 15.7. The van der Waals surface area contributed by atoms with E-state index in [0.717, 1.165) is 4.90 Å². The molecule has 1 rings (SSSR count). The lowest BCUT2D eigenvalue weighted by molar-refractivity contribution is -0.119. The Hall–Kier alpha value is -1.34. The summed E-state index contributed by atoms with van der Waals surface area (Å²) < 4.78 is 37.2. The maximum Gasteiger partial charge on any atom is 0.405 e. The van der Waals surface area contributed by atoms with Crippen LogP contribution in [0.1, 0.15) is 25.1 Å². The first-order chi connectivity index (χ1) is 8.87. The second-order valence-corrected chi connectivity index (χ2v) is 4.13. The van der Waals surface area contributed by atoms with Crippen LogP contribution in [0.4, 0.5) is 18.9 Å². The van der Waals surface area contributed by atoms with E-state index in [-0.39, 0.29) is 18.8 Å². The van der Waals surface area contributed by atoms with Crippen LogP contribution in [0.15, 0.2) is 18.3 Å². The van der Waals surface area contributed by atoms with Crippen molar-refractivity contribution in [3.8, 4) is 0 Å². The fourth-order valence-corrected chi connectivity index (χ4v) is 1.63. The molecule has 7 heteroatoms. The lowest BCUT2D eigenvalue weighted by Gasteiger charge is -2.25. The Morgan fingerprint density at radius 1 is 1.37 bits per heavy atom. The molecule has 1 aromatic rings. The van der Waals surface area contributed by atoms with Crippen LogP contribution in [-0.2, 0) is 0 Å². The largest absolute Gasteiger partial charge is 0.405 e. The molecule has 1 atom stereocenters. The molecule has 0 radical (unpaired) electrons. The third-order valence-corrected chi connectivity index (χ3v) is 2.60. The smallest absolute Gasteiger partial charge is 0.395 e. The van der Waals surface area contributed by atoms with Gasteiger partial charge >= 0.3 is 6.18 Å². The van der Waals surface area contributed by atoms with E-state index >= 15 is 0 Å². The van der Waals surface area contributed by atoms with E-state index in [1.54, 1.807) is 6.92 Å². The van der Waals surface area contributed by atoms with E-state index in [2.05, 4.69) is 4.98 Å². The Morgan fingerprint density at radius 3 is 2.47 bits per heavy atom. The van der Waals surface area contributed by atoms with Gasteiger partial charge in [0.1, 0.15) is 6.54 Å². The predicted molar refractivity (Wildman–Crippen MR) is 64.8 cm³/mol. The number of hydrogen-bond donors (Lipinski definition) is 2. The Bertz CT molecular complexity index is 382. The summed E-state index contributed by atoms with van der Waals surface area (Å²) in [7, 11) is 0. The highest BCUT2D eigenvalue weighted by atomic mass is 19.4. The van der Waals surface area contributed by atoms with Crippen LogP contribution < -0.4 is 4.90 Å². The molecule has 0 aromatic carbocycles. The molecule has 0 bridgehead atoms. The molecular formula is C12H17F3N2O2. The number of aromatic nitrogens is 1. The number of halogens is 3. The van der Waals surface area contributed by atoms with Crippen molar-refractivity contribution < 1.29 is 23.4 Å². The predicted octanol–water partition coefficient (Wildman–Crippen LogP) is 1.89. The number of alkyl halides is 3. The van der Waals surface area contributed by atoms with Crippen molar-refractivity contribution >= 4 is 5.69 Å². The van der Waals surface area contributed by atoms with Gasteiger partial charge in [-0.05, 0) is 18.6 Å². The van der Waals surface area contributed by atoms with Crippen molar-refractivity contribution in [1.29, 1.82) is 0 Å². The third kappa shape index (κ3) is 5.04. The summed E-state index contributed by atoms with van der Waals surface area (Å²) >= 11 is 0. The van der Waals surface area contributed by atoms with Crippen LogP contribution >= 0.6 is 0 Å². The summed E-state index contributed by atoms with van der Waals surface area (Å²) in [5.41, 5.74) is 0.681. The molecule has 1 aromatic heterocycles. The maximum atomic E-state index is 12.4. The second-order valence-electron chi connectivity index (χ2n) is 4.13. The van der Waals surface area contributed by atoms with Crippen molar-refractivity contribution in [2.24, 2.45) is 0 Å². The van der Waals surface area contributed by atoms with Gasteiger partial charge in [-0.15, -0.1) is 0 Å². The molecule has 0 saturated carbocycles. The normalized spacial score (nSPS) is 13.4. The van der Waals surface area contributed by atoms with Gasteiger partial charge in [-0.25, -0.2) is 0 Å². The molecule has 0 unspecified atom stereocenters. The SMILES string of the molecule is CC[C@H](O)c1ccc(N(CCO)CC(F)(F)F)cn1. The van der Waals surface area contributed by atoms with Gasteiger partial charge in [-0.2, -0.15) is 13.2 Å². The average molecular weight is 278 g/mol. The van der Waals surface area contributed by atoms with E-state index in [4.69, 9.17) is 5.11 Å². The zero-order valence-corrected chi connectivity index (χ0v) is 10.6. The highest BCUT2D eigenvalue weighted by molar-refractivity contribution is 5.45. The first-order valence-electron chi connectivity index (χ1n) is 5.94. The minimum Gasteiger partial charge on any atom is -0.395 e. The Labute approximate surface area is 109 Å². The number of anilines is 1. The topological polar surface area (TPSA) is 56.6 Å². The molecule has 19 heavy (non-hydrogen) atoms. The molecule has 0 fully saturated rings. The van der Waals surface area contributed by atoms with Gasteiger partial charge in [-0.1, -0.05) is 6.92 Å². The van der Waals surface area contributed by atoms with Gasteiger partial charge in [-0.3, -0.25) is 4.98 Å². The fraction of sp³-hybridized carbons (Fsp3) is 0.583. The van der Waals surface area contributed by atoms with Gasteiger partial charge < -0.3 is 15.1 Å². The summed E-state index contributed by atoms with van der Waals surface area (Å²) in [5.74, 6) is 0. The summed E-state index contributed by atoms with van der Waals surface area (Å²) in [6, 6.07) is 2.95. The minimum absolute atomic E-state index is 0.128. The van der Waals surface area contributed by atoms with Crippen LogP contribution in [0.5, 0.6) is 0 Å². The molecular weight excluding hydrogens is 261 g/mol. The zero-order valence-electron chi connectivity index (χ0n) is 10.6. The Kier molecular flexibility index (Phi) is 5.56. The molecule has 0 aliphatic heterocycles. The molecule has 0 amide bonds. The zero-order chi connectivity index (χ0) is 14.5. The minimum atomic E-state index is -4.35. The van der Waals surface area contributed by atoms with Gasteiger partial charge in [0.2, 0.25) is 0 Å². The summed E-state index contributed by atoms with van der Waals surface area (Å²) in [6.45, 7) is 0.124. The van der Waals surface area contributed by atoms with E-state index in [1.165, 1.54) is 18.3 Å². The number of pyridine rings is 1. The van der Waals surface area contributed by atoms with Gasteiger partial charge in [0, 0.05) is 6.54 Å². The summed E-state index contributed by atoms with van der Waals surface area (Å²) in [4.78, 5) is 4.94. The van der Waals surface area contributed by atoms with Crippen LogP contribution in [0.25, 0.3) is 0 Å². The molecule has 0 aliphatic carbocycles. The first-order valence-corrected chi connectivity index (χ1v) is 5.94. The Morgan fingerprint density at radius 2 is 2.05 bits per heavy atom. The summed E-state index contributed by atoms with van der Waals surface area (Å²) in [5, 5.41) is 18.4. The lowest BCUT2D eigenvalue weighted by atomic mass is 10.2. The maximum absolute atomic E-state index is 12.4. The van der Waals surface area contributed by atoms with Crippen molar-refractivity contribution in [3.05, 3.63) is 24.0 Å². The number of nitrogens with zero attached hydrogens (tertiary/aromatic N) is 2. The van der Waals surface area contributed by atoms with Crippen LogP contribution in [0, 0.1) is 0 Å². The van der Waals surface area contributed by atoms with Crippen LogP contribution in [-0.4, -0.2) is 41.1 Å². The van der Waals surface area contributed by atoms with Crippen LogP contribution in [0.3, 0.4) is 0 Å². The van der Waals surface area contributed by atoms with Gasteiger partial charge in [0.15, 0.2) is 0 Å². The standard InChI is InChI=1S/C12H17F3N2O2/c1-2-11(19)10-4-3-9(7-16-10)17(5-6-18)8-12(13,14)15/h3-4,7,11,18-19H,2,5-6,8H2,1H3/t11-/m0/s1. The lowest BCUT2D eigenvalue weighted by Crippen LogP contribution is -2.36. The van der Waals surface area contributed by atoms with E-state index in [0.29, 0.717) is 12.1 Å². The van der Waals surface area contributed by atoms with Crippen LogP contribution in [0.2, 0.25) is 0 Å². The molecule has 0 aliphatic rings. The Balaban J connectivity index is 2.85. The number of hydrogen-bond acceptors (Lipinski definition) is 4. The molecule has 0 saturated heterocycles. The quantitative estimate of drug-likeness (QED) is 0.834. The number of aliphatic hydroxyl groups is 2. The fourth-order valence-electron chi connectivity index (χ4n) is 1.63. The molecule has 0 spiro atoms. The van der Waals surface area contributed by atoms with E-state index in [1.807, 2.05) is 0 Å². The van der Waals surface area contributed by atoms with Gasteiger partial charge in [0.05, 0.1) is 30.3 Å². The molecule has 108 valence electrons. The van der Waals surface area contributed by atoms with Gasteiger partial charge in [0.25, 0.3) is 0 Å². The van der Waals surface area contributed by atoms with Crippen molar-refractivity contribution in [1.82, 2.24) is 4.98 Å². The third-order valence-electron chi connectivity index (χ3n) is 2.60. The number of aliphatic hydroxyl groups excluding tert-OH is 2. The summed E-state index contributed by atoms with van der Waals surface area (Å²) in [6.07, 6.45) is -3.32. The second kappa shape index (κ2) is 6.72. The van der Waals surface area contributed by atoms with Crippen molar-refractivity contribution in [3.63, 3.8) is 0 Å². The van der Waals surface area contributed by atoms with Crippen molar-refractivity contribution in [2.75, 3.05) is 24.6 Å². The van der Waals surface area contributed by atoms with Crippen molar-refractivity contribution in [2.45, 2.75) is 25.6 Å². The monoisotopic (exact) mass is 278 g/mol. The molecule has 4 nitrogen and oxygen atoms in total.